The van der Waals surface area contributed by atoms with Crippen LogP contribution < -0.4 is 5.32 Å². The summed E-state index contributed by atoms with van der Waals surface area (Å²) in [5.74, 6) is 0.193. The monoisotopic (exact) mass is 287 g/mol. The zero-order chi connectivity index (χ0) is 14.7. The van der Waals surface area contributed by atoms with Gasteiger partial charge in [0.2, 0.25) is 5.91 Å². The Balaban J connectivity index is 1.46. The van der Waals surface area contributed by atoms with Gasteiger partial charge in [0.15, 0.2) is 0 Å². The van der Waals surface area contributed by atoms with E-state index in [1.54, 1.807) is 0 Å². The van der Waals surface area contributed by atoms with Crippen molar-refractivity contribution in [2.45, 2.75) is 18.9 Å². The molecule has 0 unspecified atom stereocenters. The van der Waals surface area contributed by atoms with E-state index in [0.717, 1.165) is 31.5 Å². The summed E-state index contributed by atoms with van der Waals surface area (Å²) in [4.78, 5) is 28.1. The molecule has 1 aromatic carbocycles. The topological polar surface area (TPSA) is 52.7 Å². The summed E-state index contributed by atoms with van der Waals surface area (Å²) in [6, 6.07) is 9.78. The fourth-order valence-electron chi connectivity index (χ4n) is 2.58. The number of piperazine rings is 1. The summed E-state index contributed by atoms with van der Waals surface area (Å²) >= 11 is 0. The Kier molecular flexibility index (Phi) is 4.20. The summed E-state index contributed by atoms with van der Waals surface area (Å²) in [6.07, 6.45) is 2.23. The van der Waals surface area contributed by atoms with Crippen molar-refractivity contribution < 1.29 is 9.59 Å². The number of nitrogens with zero attached hydrogens (tertiary/aromatic N) is 2. The molecule has 1 saturated carbocycles. The fraction of sp³-hybridized carbons (Fsp3) is 0.500. The Labute approximate surface area is 124 Å². The van der Waals surface area contributed by atoms with E-state index in [2.05, 4.69) is 10.2 Å². The Bertz CT molecular complexity index is 506. The zero-order valence-corrected chi connectivity index (χ0v) is 12.1. The third-order valence-corrected chi connectivity index (χ3v) is 3.99. The van der Waals surface area contributed by atoms with Gasteiger partial charge in [-0.3, -0.25) is 14.5 Å². The van der Waals surface area contributed by atoms with E-state index in [-0.39, 0.29) is 11.8 Å². The fourth-order valence-corrected chi connectivity index (χ4v) is 2.58. The molecule has 2 amide bonds. The minimum atomic E-state index is 0.0812. The highest BCUT2D eigenvalue weighted by Crippen LogP contribution is 2.18. The number of amides is 2. The molecule has 3 rings (SSSR count). The summed E-state index contributed by atoms with van der Waals surface area (Å²) in [5.41, 5.74) is 0.734. The van der Waals surface area contributed by atoms with Gasteiger partial charge in [-0.2, -0.15) is 0 Å². The Hall–Kier alpha value is -1.88. The number of rotatable bonds is 4. The minimum absolute atomic E-state index is 0.0812. The smallest absolute Gasteiger partial charge is 0.253 e. The van der Waals surface area contributed by atoms with E-state index in [0.29, 0.717) is 25.7 Å². The first kappa shape index (κ1) is 14.1. The van der Waals surface area contributed by atoms with Gasteiger partial charge in [0.05, 0.1) is 6.54 Å². The van der Waals surface area contributed by atoms with Gasteiger partial charge in [-0.25, -0.2) is 0 Å². The quantitative estimate of drug-likeness (QED) is 0.888. The summed E-state index contributed by atoms with van der Waals surface area (Å²) in [6.45, 7) is 3.34. The molecule has 21 heavy (non-hydrogen) atoms. The number of carbonyl (C=O) groups excluding carboxylic acids is 2. The highest BCUT2D eigenvalue weighted by atomic mass is 16.2. The van der Waals surface area contributed by atoms with Crippen LogP contribution >= 0.6 is 0 Å². The molecule has 1 aromatic rings. The van der Waals surface area contributed by atoms with Crippen LogP contribution in [-0.2, 0) is 4.79 Å². The third-order valence-electron chi connectivity index (χ3n) is 3.99. The van der Waals surface area contributed by atoms with E-state index in [9.17, 15) is 9.59 Å². The third kappa shape index (κ3) is 3.82. The van der Waals surface area contributed by atoms with Gasteiger partial charge >= 0.3 is 0 Å². The van der Waals surface area contributed by atoms with Gasteiger partial charge in [-0.05, 0) is 25.0 Å². The summed E-state index contributed by atoms with van der Waals surface area (Å²) < 4.78 is 0. The Morgan fingerprint density at radius 1 is 1.05 bits per heavy atom. The van der Waals surface area contributed by atoms with Crippen LogP contribution in [0.1, 0.15) is 23.2 Å². The Morgan fingerprint density at radius 3 is 2.33 bits per heavy atom. The average Bonchev–Trinajstić information content (AvgIpc) is 3.32. The van der Waals surface area contributed by atoms with Crippen molar-refractivity contribution in [1.29, 1.82) is 0 Å². The number of hydrogen-bond acceptors (Lipinski definition) is 3. The lowest BCUT2D eigenvalue weighted by atomic mass is 10.2. The van der Waals surface area contributed by atoms with Gasteiger partial charge in [0.25, 0.3) is 5.91 Å². The molecule has 0 aromatic heterocycles. The first-order valence-electron chi connectivity index (χ1n) is 7.58. The SMILES string of the molecule is O=C(CN1CCN(C(=O)c2ccccc2)CC1)NC1CC1. The van der Waals surface area contributed by atoms with Crippen LogP contribution in [0, 0.1) is 0 Å². The predicted molar refractivity (Wildman–Crippen MR) is 80.0 cm³/mol. The molecule has 0 radical (unpaired) electrons. The first-order chi connectivity index (χ1) is 10.2. The normalized spacial score (nSPS) is 19.3. The molecule has 5 heteroatoms. The maximum absolute atomic E-state index is 12.3. The largest absolute Gasteiger partial charge is 0.352 e. The molecule has 1 saturated heterocycles. The summed E-state index contributed by atoms with van der Waals surface area (Å²) in [7, 11) is 0. The lowest BCUT2D eigenvalue weighted by Crippen LogP contribution is -2.51. The number of nitrogens with one attached hydrogen (secondary N) is 1. The van der Waals surface area contributed by atoms with Gasteiger partial charge in [0.1, 0.15) is 0 Å². The number of hydrogen-bond donors (Lipinski definition) is 1. The predicted octanol–water partition coefficient (Wildman–Crippen LogP) is 0.723. The first-order valence-corrected chi connectivity index (χ1v) is 7.58. The molecule has 5 nitrogen and oxygen atoms in total. The number of carbonyl (C=O) groups is 2. The van der Waals surface area contributed by atoms with Crippen molar-refractivity contribution in [2.75, 3.05) is 32.7 Å². The van der Waals surface area contributed by atoms with Crippen molar-refractivity contribution >= 4 is 11.8 Å². The van der Waals surface area contributed by atoms with Gasteiger partial charge < -0.3 is 10.2 Å². The van der Waals surface area contributed by atoms with Crippen LogP contribution in [0.4, 0.5) is 0 Å². The second-order valence-corrected chi connectivity index (χ2v) is 5.78. The molecule has 112 valence electrons. The van der Waals surface area contributed by atoms with E-state index >= 15 is 0 Å². The van der Waals surface area contributed by atoms with Crippen LogP contribution in [-0.4, -0.2) is 60.4 Å². The van der Waals surface area contributed by atoms with Gasteiger partial charge in [-0.1, -0.05) is 18.2 Å². The standard InChI is InChI=1S/C16H21N3O2/c20-15(17-14-6-7-14)12-18-8-10-19(11-9-18)16(21)13-4-2-1-3-5-13/h1-5,14H,6-12H2,(H,17,20). The molecule has 1 aliphatic carbocycles. The lowest BCUT2D eigenvalue weighted by molar-refractivity contribution is -0.122. The van der Waals surface area contributed by atoms with Crippen molar-refractivity contribution in [2.24, 2.45) is 0 Å². The van der Waals surface area contributed by atoms with Gasteiger partial charge in [-0.15, -0.1) is 0 Å². The molecular weight excluding hydrogens is 266 g/mol. The molecule has 1 aliphatic heterocycles. The Morgan fingerprint density at radius 2 is 1.71 bits per heavy atom. The van der Waals surface area contributed by atoms with Crippen molar-refractivity contribution in [3.05, 3.63) is 35.9 Å². The number of benzene rings is 1. The average molecular weight is 287 g/mol. The van der Waals surface area contributed by atoms with Crippen LogP contribution in [0.2, 0.25) is 0 Å². The molecule has 0 atom stereocenters. The van der Waals surface area contributed by atoms with Crippen LogP contribution in [0.5, 0.6) is 0 Å². The zero-order valence-electron chi connectivity index (χ0n) is 12.1. The van der Waals surface area contributed by atoms with Crippen LogP contribution in [0.15, 0.2) is 30.3 Å². The molecule has 0 spiro atoms. The molecule has 0 bridgehead atoms. The van der Waals surface area contributed by atoms with Gasteiger partial charge in [0, 0.05) is 37.8 Å². The van der Waals surface area contributed by atoms with E-state index in [4.69, 9.17) is 0 Å². The highest BCUT2D eigenvalue weighted by molar-refractivity contribution is 5.94. The maximum Gasteiger partial charge on any atom is 0.253 e. The molecule has 1 heterocycles. The van der Waals surface area contributed by atoms with E-state index in [1.807, 2.05) is 35.2 Å². The second-order valence-electron chi connectivity index (χ2n) is 5.78. The molecule has 2 fully saturated rings. The van der Waals surface area contributed by atoms with E-state index < -0.39 is 0 Å². The minimum Gasteiger partial charge on any atom is -0.352 e. The molecule has 2 aliphatic rings. The second kappa shape index (κ2) is 6.26. The van der Waals surface area contributed by atoms with Crippen LogP contribution in [0.3, 0.4) is 0 Å². The van der Waals surface area contributed by atoms with Crippen molar-refractivity contribution in [3.63, 3.8) is 0 Å². The van der Waals surface area contributed by atoms with E-state index in [1.165, 1.54) is 0 Å². The molecule has 1 N–H and O–H groups in total. The van der Waals surface area contributed by atoms with Crippen molar-refractivity contribution in [3.8, 4) is 0 Å². The highest BCUT2D eigenvalue weighted by Gasteiger charge is 2.26. The summed E-state index contributed by atoms with van der Waals surface area (Å²) in [5, 5.41) is 3.00. The molecular formula is C16H21N3O2. The lowest BCUT2D eigenvalue weighted by Gasteiger charge is -2.34. The maximum atomic E-state index is 12.3. The van der Waals surface area contributed by atoms with Crippen LogP contribution in [0.25, 0.3) is 0 Å². The van der Waals surface area contributed by atoms with Crippen molar-refractivity contribution in [1.82, 2.24) is 15.1 Å².